The van der Waals surface area contributed by atoms with Crippen LogP contribution < -0.4 is 5.32 Å². The fourth-order valence-electron chi connectivity index (χ4n) is 1.16. The van der Waals surface area contributed by atoms with Crippen LogP contribution in [-0.4, -0.2) is 40.9 Å². The molecular weight excluding hydrogens is 148 g/mol. The minimum atomic E-state index is -0.807. The summed E-state index contributed by atoms with van der Waals surface area (Å²) in [4.78, 5) is 0. The minimum absolute atomic E-state index is 0.478. The van der Waals surface area contributed by atoms with Gasteiger partial charge in [0.1, 0.15) is 0 Å². The Bertz CT molecular complexity index is 134. The third-order valence-electron chi connectivity index (χ3n) is 1.95. The van der Waals surface area contributed by atoms with Crippen LogP contribution >= 0.6 is 0 Å². The lowest BCUT2D eigenvalue weighted by molar-refractivity contribution is 0.417. The van der Waals surface area contributed by atoms with Gasteiger partial charge in [0.2, 0.25) is 0 Å². The predicted octanol–water partition coefficient (Wildman–Crippen LogP) is -0.426. The van der Waals surface area contributed by atoms with Gasteiger partial charge >= 0.3 is 0 Å². The van der Waals surface area contributed by atoms with Crippen LogP contribution in [0.4, 0.5) is 0 Å². The van der Waals surface area contributed by atoms with E-state index in [1.54, 1.807) is 6.26 Å². The van der Waals surface area contributed by atoms with E-state index < -0.39 is 11.0 Å². The first-order valence-electron chi connectivity index (χ1n) is 3.49. The Kier molecular flexibility index (Phi) is 2.82. The van der Waals surface area contributed by atoms with Gasteiger partial charge in [-0.1, -0.05) is 0 Å². The molecule has 4 heteroatoms. The number of nitrogens with zero attached hydrogens (tertiary/aromatic N) is 1. The molecule has 0 spiro atoms. The van der Waals surface area contributed by atoms with Crippen molar-refractivity contribution < 1.29 is 4.21 Å². The third kappa shape index (κ3) is 1.78. The Morgan fingerprint density at radius 3 is 2.80 bits per heavy atom. The first-order valence-corrected chi connectivity index (χ1v) is 5.00. The monoisotopic (exact) mass is 162 g/mol. The quantitative estimate of drug-likeness (QED) is 0.598. The lowest BCUT2D eigenvalue weighted by Gasteiger charge is -2.19. The maximum atomic E-state index is 10.9. The summed E-state index contributed by atoms with van der Waals surface area (Å²) in [5.41, 5.74) is 0. The molecule has 0 radical (unpaired) electrons. The molecule has 10 heavy (non-hydrogen) atoms. The van der Waals surface area contributed by atoms with Gasteiger partial charge < -0.3 is 5.32 Å². The Labute approximate surface area is 64.4 Å². The molecule has 1 N–H and O–H groups in total. The highest BCUT2D eigenvalue weighted by atomic mass is 32.2. The molecule has 0 aromatic rings. The maximum Gasteiger partial charge on any atom is 0.0911 e. The molecule has 0 amide bonds. The summed E-state index contributed by atoms with van der Waals surface area (Å²) in [5.74, 6) is 0. The molecule has 1 saturated heterocycles. The third-order valence-corrected chi connectivity index (χ3v) is 3.06. The molecule has 1 aliphatic rings. The minimum Gasteiger partial charge on any atom is -0.315 e. The number of hydrogen-bond acceptors (Lipinski definition) is 2. The van der Waals surface area contributed by atoms with Gasteiger partial charge in [-0.3, -0.25) is 0 Å². The molecule has 0 saturated carbocycles. The second-order valence-electron chi connectivity index (χ2n) is 2.62. The second-order valence-corrected chi connectivity index (χ2v) is 4.04. The second kappa shape index (κ2) is 3.46. The van der Waals surface area contributed by atoms with Crippen LogP contribution in [-0.2, 0) is 11.0 Å². The molecule has 1 rings (SSSR count). The van der Waals surface area contributed by atoms with E-state index in [0.29, 0.717) is 6.04 Å². The summed E-state index contributed by atoms with van der Waals surface area (Å²) < 4.78 is 12.9. The van der Waals surface area contributed by atoms with Gasteiger partial charge in [-0.25, -0.2) is 8.51 Å². The summed E-state index contributed by atoms with van der Waals surface area (Å²) in [6.45, 7) is 2.04. The Hall–Kier alpha value is 0.0700. The average molecular weight is 162 g/mol. The van der Waals surface area contributed by atoms with E-state index in [9.17, 15) is 4.21 Å². The summed E-state index contributed by atoms with van der Waals surface area (Å²) >= 11 is 0. The van der Waals surface area contributed by atoms with Gasteiger partial charge in [0.25, 0.3) is 0 Å². The normalized spacial score (nSPS) is 29.3. The summed E-state index contributed by atoms with van der Waals surface area (Å²) in [7, 11) is 1.10. The number of nitrogens with one attached hydrogen (secondary N) is 1. The van der Waals surface area contributed by atoms with E-state index >= 15 is 0 Å². The molecule has 1 aliphatic heterocycles. The molecule has 60 valence electrons. The van der Waals surface area contributed by atoms with Crippen LogP contribution in [0.3, 0.4) is 0 Å². The Balaban J connectivity index is 2.39. The zero-order chi connectivity index (χ0) is 7.56. The van der Waals surface area contributed by atoms with Crippen molar-refractivity contribution >= 4 is 11.0 Å². The van der Waals surface area contributed by atoms with Gasteiger partial charge in [0.15, 0.2) is 0 Å². The van der Waals surface area contributed by atoms with Crippen molar-refractivity contribution in [3.8, 4) is 0 Å². The standard InChI is InChI=1S/C6H14N2OS/c1-8(10(2)9)6-3-4-7-5-6/h6-7H,3-5H2,1-2H3. The van der Waals surface area contributed by atoms with Crippen LogP contribution in [0.25, 0.3) is 0 Å². The highest BCUT2D eigenvalue weighted by Crippen LogP contribution is 2.06. The van der Waals surface area contributed by atoms with E-state index in [0.717, 1.165) is 19.5 Å². The number of rotatable bonds is 2. The predicted molar refractivity (Wildman–Crippen MR) is 43.1 cm³/mol. The van der Waals surface area contributed by atoms with Crippen molar-refractivity contribution in [2.45, 2.75) is 12.5 Å². The Morgan fingerprint density at radius 1 is 1.70 bits per heavy atom. The molecule has 1 fully saturated rings. The summed E-state index contributed by atoms with van der Waals surface area (Å²) in [6, 6.07) is 0.478. The maximum absolute atomic E-state index is 10.9. The first-order chi connectivity index (χ1) is 4.72. The molecule has 2 unspecified atom stereocenters. The van der Waals surface area contributed by atoms with Crippen LogP contribution in [0.2, 0.25) is 0 Å². The average Bonchev–Trinajstić information content (AvgIpc) is 2.36. The van der Waals surface area contributed by atoms with Crippen molar-refractivity contribution in [2.75, 3.05) is 26.4 Å². The fourth-order valence-corrected chi connectivity index (χ4v) is 1.76. The number of hydrogen-bond donors (Lipinski definition) is 1. The van der Waals surface area contributed by atoms with Crippen molar-refractivity contribution in [1.82, 2.24) is 9.62 Å². The molecule has 0 aromatic heterocycles. The highest BCUT2D eigenvalue weighted by molar-refractivity contribution is 7.81. The molecule has 0 bridgehead atoms. The lowest BCUT2D eigenvalue weighted by atomic mass is 10.3. The van der Waals surface area contributed by atoms with Crippen molar-refractivity contribution in [1.29, 1.82) is 0 Å². The lowest BCUT2D eigenvalue weighted by Crippen LogP contribution is -2.34. The van der Waals surface area contributed by atoms with Gasteiger partial charge in [-0.2, -0.15) is 0 Å². The van der Waals surface area contributed by atoms with Gasteiger partial charge in [0, 0.05) is 25.9 Å². The van der Waals surface area contributed by atoms with Crippen LogP contribution in [0.15, 0.2) is 0 Å². The van der Waals surface area contributed by atoms with Crippen LogP contribution in [0.1, 0.15) is 6.42 Å². The fraction of sp³-hybridized carbons (Fsp3) is 1.00. The summed E-state index contributed by atoms with van der Waals surface area (Å²) in [6.07, 6.45) is 2.84. The number of likely N-dealkylation sites (N-methyl/N-ethyl adjacent to an activating group) is 1. The van der Waals surface area contributed by atoms with Gasteiger partial charge in [-0.15, -0.1) is 0 Å². The SMILES string of the molecule is CN(C1CCNC1)S(C)=O. The van der Waals surface area contributed by atoms with E-state index in [-0.39, 0.29) is 0 Å². The molecule has 0 aliphatic carbocycles. The van der Waals surface area contributed by atoms with Gasteiger partial charge in [-0.05, 0) is 13.0 Å². The first kappa shape index (κ1) is 8.17. The van der Waals surface area contributed by atoms with Crippen molar-refractivity contribution in [2.24, 2.45) is 0 Å². The van der Waals surface area contributed by atoms with E-state index in [2.05, 4.69) is 5.32 Å². The van der Waals surface area contributed by atoms with Gasteiger partial charge in [0.05, 0.1) is 11.0 Å². The van der Waals surface area contributed by atoms with E-state index in [4.69, 9.17) is 0 Å². The molecule has 0 aromatic carbocycles. The van der Waals surface area contributed by atoms with Crippen molar-refractivity contribution in [3.63, 3.8) is 0 Å². The molecule has 1 heterocycles. The largest absolute Gasteiger partial charge is 0.315 e. The van der Waals surface area contributed by atoms with E-state index in [1.165, 1.54) is 0 Å². The van der Waals surface area contributed by atoms with E-state index in [1.807, 2.05) is 11.4 Å². The highest BCUT2D eigenvalue weighted by Gasteiger charge is 2.20. The molecular formula is C6H14N2OS. The smallest absolute Gasteiger partial charge is 0.0911 e. The molecule has 3 nitrogen and oxygen atoms in total. The van der Waals surface area contributed by atoms with Crippen LogP contribution in [0.5, 0.6) is 0 Å². The topological polar surface area (TPSA) is 32.3 Å². The Morgan fingerprint density at radius 2 is 2.40 bits per heavy atom. The van der Waals surface area contributed by atoms with Crippen molar-refractivity contribution in [3.05, 3.63) is 0 Å². The summed E-state index contributed by atoms with van der Waals surface area (Å²) in [5, 5.41) is 3.23. The zero-order valence-corrected chi connectivity index (χ0v) is 7.28. The molecule has 2 atom stereocenters. The van der Waals surface area contributed by atoms with Crippen LogP contribution in [0, 0.1) is 0 Å². The zero-order valence-electron chi connectivity index (χ0n) is 6.46.